The second kappa shape index (κ2) is 5.83. The minimum absolute atomic E-state index is 0.198. The van der Waals surface area contributed by atoms with E-state index in [9.17, 15) is 4.79 Å². The lowest BCUT2D eigenvalue weighted by Gasteiger charge is -2.13. The summed E-state index contributed by atoms with van der Waals surface area (Å²) in [6, 6.07) is 5.21. The summed E-state index contributed by atoms with van der Waals surface area (Å²) in [7, 11) is 2.98. The fraction of sp³-hybridized carbons (Fsp3) is 0.154. The second-order valence-electron chi connectivity index (χ2n) is 3.94. The van der Waals surface area contributed by atoms with Gasteiger partial charge in [-0.2, -0.15) is 5.26 Å². The average molecular weight is 288 g/mol. The highest BCUT2D eigenvalue weighted by Gasteiger charge is 2.14. The van der Waals surface area contributed by atoms with Crippen LogP contribution in [0.4, 0.5) is 10.5 Å². The van der Waals surface area contributed by atoms with E-state index in [2.05, 4.69) is 10.4 Å². The molecule has 2 rings (SSSR count). The lowest BCUT2D eigenvalue weighted by Crippen LogP contribution is -2.28. The normalized spacial score (nSPS) is 9.76. The number of rotatable bonds is 4. The lowest BCUT2D eigenvalue weighted by molar-refractivity contribution is 0.197. The topological polar surface area (TPSA) is 116 Å². The number of nitrogens with one attached hydrogen (secondary N) is 2. The highest BCUT2D eigenvalue weighted by Crippen LogP contribution is 2.35. The highest BCUT2D eigenvalue weighted by atomic mass is 16.5. The highest BCUT2D eigenvalue weighted by molar-refractivity contribution is 5.96. The standard InChI is InChI=1S/C13H12N4O4/c1-20-10-3-8-9(4-11(10)21-2)15-6-7(5-14)12(8)16-17-13(18)19/h3-4,6,17H,1-2H3,(H,15,16)(H,18,19). The molecule has 1 aromatic carbocycles. The van der Waals surface area contributed by atoms with E-state index >= 15 is 0 Å². The summed E-state index contributed by atoms with van der Waals surface area (Å²) in [5.74, 6) is 0.930. The Morgan fingerprint density at radius 2 is 2.00 bits per heavy atom. The molecule has 21 heavy (non-hydrogen) atoms. The number of hydrogen-bond acceptors (Lipinski definition) is 6. The van der Waals surface area contributed by atoms with Gasteiger partial charge in [-0.1, -0.05) is 0 Å². The van der Waals surface area contributed by atoms with Gasteiger partial charge in [-0.25, -0.2) is 10.2 Å². The Bertz CT molecular complexity index is 739. The SMILES string of the molecule is COc1cc2ncc(C#N)c(NNC(=O)O)c2cc1OC. The zero-order valence-corrected chi connectivity index (χ0v) is 11.3. The molecule has 0 aliphatic carbocycles. The van der Waals surface area contributed by atoms with Crippen molar-refractivity contribution in [2.45, 2.75) is 0 Å². The monoisotopic (exact) mass is 288 g/mol. The van der Waals surface area contributed by atoms with Crippen LogP contribution in [0.5, 0.6) is 11.5 Å². The largest absolute Gasteiger partial charge is 0.493 e. The van der Waals surface area contributed by atoms with Crippen molar-refractivity contribution in [3.05, 3.63) is 23.9 Å². The number of carbonyl (C=O) groups is 1. The van der Waals surface area contributed by atoms with Crippen molar-refractivity contribution >= 4 is 22.7 Å². The Labute approximate surface area is 119 Å². The first kappa shape index (κ1) is 14.2. The molecule has 8 nitrogen and oxygen atoms in total. The van der Waals surface area contributed by atoms with E-state index in [0.29, 0.717) is 28.1 Å². The Hall–Kier alpha value is -3.21. The molecule has 0 fully saturated rings. The quantitative estimate of drug-likeness (QED) is 0.733. The van der Waals surface area contributed by atoms with Gasteiger partial charge in [0.2, 0.25) is 0 Å². The summed E-state index contributed by atoms with van der Waals surface area (Å²) in [5, 5.41) is 18.3. The van der Waals surface area contributed by atoms with Crippen molar-refractivity contribution < 1.29 is 19.4 Å². The second-order valence-corrected chi connectivity index (χ2v) is 3.94. The van der Waals surface area contributed by atoms with Crippen LogP contribution in [0.15, 0.2) is 18.3 Å². The first-order valence-corrected chi connectivity index (χ1v) is 5.80. The number of ether oxygens (including phenoxy) is 2. The third kappa shape index (κ3) is 2.71. The maximum absolute atomic E-state index is 10.6. The number of aromatic nitrogens is 1. The molecule has 0 bridgehead atoms. The molecule has 0 saturated heterocycles. The van der Waals surface area contributed by atoms with Crippen molar-refractivity contribution in [3.63, 3.8) is 0 Å². The summed E-state index contributed by atoms with van der Waals surface area (Å²) in [5.41, 5.74) is 5.52. The zero-order valence-electron chi connectivity index (χ0n) is 11.3. The van der Waals surface area contributed by atoms with Gasteiger partial charge in [-0.3, -0.25) is 10.4 Å². The third-order valence-corrected chi connectivity index (χ3v) is 2.79. The molecule has 0 aliphatic heterocycles. The third-order valence-electron chi connectivity index (χ3n) is 2.79. The summed E-state index contributed by atoms with van der Waals surface area (Å²) >= 11 is 0. The van der Waals surface area contributed by atoms with Gasteiger partial charge < -0.3 is 14.6 Å². The van der Waals surface area contributed by atoms with Crippen LogP contribution in [-0.2, 0) is 0 Å². The van der Waals surface area contributed by atoms with Crippen LogP contribution in [0, 0.1) is 11.3 Å². The predicted molar refractivity (Wildman–Crippen MR) is 74.3 cm³/mol. The van der Waals surface area contributed by atoms with Crippen molar-refractivity contribution in [1.82, 2.24) is 10.4 Å². The number of benzene rings is 1. The maximum atomic E-state index is 10.6. The molecule has 0 spiro atoms. The molecule has 0 radical (unpaired) electrons. The van der Waals surface area contributed by atoms with Crippen molar-refractivity contribution in [3.8, 4) is 17.6 Å². The van der Waals surface area contributed by atoms with Crippen LogP contribution in [0.2, 0.25) is 0 Å². The number of pyridine rings is 1. The van der Waals surface area contributed by atoms with E-state index in [4.69, 9.17) is 19.8 Å². The average Bonchev–Trinajstić information content (AvgIpc) is 2.50. The fourth-order valence-corrected chi connectivity index (χ4v) is 1.85. The van der Waals surface area contributed by atoms with E-state index < -0.39 is 6.09 Å². The van der Waals surface area contributed by atoms with Crippen molar-refractivity contribution in [2.24, 2.45) is 0 Å². The number of nitrogens with zero attached hydrogens (tertiary/aromatic N) is 2. The Kier molecular flexibility index (Phi) is 3.95. The minimum atomic E-state index is -1.27. The molecule has 3 N–H and O–H groups in total. The van der Waals surface area contributed by atoms with Crippen LogP contribution in [0.1, 0.15) is 5.56 Å². The van der Waals surface area contributed by atoms with Crippen LogP contribution >= 0.6 is 0 Å². The van der Waals surface area contributed by atoms with Gasteiger partial charge in [-0.15, -0.1) is 0 Å². The zero-order chi connectivity index (χ0) is 15.4. The van der Waals surface area contributed by atoms with E-state index in [-0.39, 0.29) is 5.56 Å². The van der Waals surface area contributed by atoms with Gasteiger partial charge in [-0.05, 0) is 6.07 Å². The van der Waals surface area contributed by atoms with Gasteiger partial charge in [0.05, 0.1) is 31.0 Å². The molecule has 0 atom stereocenters. The molecule has 2 aromatic rings. The molecule has 8 heteroatoms. The molecule has 1 aromatic heterocycles. The summed E-state index contributed by atoms with van der Waals surface area (Å²) < 4.78 is 10.4. The molecule has 0 unspecified atom stereocenters. The summed E-state index contributed by atoms with van der Waals surface area (Å²) in [6.45, 7) is 0. The molecule has 0 aliphatic rings. The number of methoxy groups -OCH3 is 2. The first-order valence-electron chi connectivity index (χ1n) is 5.80. The predicted octanol–water partition coefficient (Wildman–Crippen LogP) is 1.72. The number of hydrogen-bond donors (Lipinski definition) is 3. The molecule has 1 amide bonds. The van der Waals surface area contributed by atoms with Crippen LogP contribution < -0.4 is 20.3 Å². The molecule has 108 valence electrons. The van der Waals surface area contributed by atoms with Gasteiger partial charge in [0, 0.05) is 17.6 Å². The van der Waals surface area contributed by atoms with E-state index in [1.54, 1.807) is 12.1 Å². The number of anilines is 1. The number of carboxylic acid groups (broad SMARTS) is 1. The number of hydrazine groups is 1. The van der Waals surface area contributed by atoms with Crippen LogP contribution in [0.25, 0.3) is 10.9 Å². The molecule has 1 heterocycles. The van der Waals surface area contributed by atoms with Crippen LogP contribution in [0.3, 0.4) is 0 Å². The van der Waals surface area contributed by atoms with E-state index in [1.165, 1.54) is 20.4 Å². The van der Waals surface area contributed by atoms with Gasteiger partial charge >= 0.3 is 6.09 Å². The van der Waals surface area contributed by atoms with E-state index in [1.807, 2.05) is 11.5 Å². The van der Waals surface area contributed by atoms with Crippen molar-refractivity contribution in [2.75, 3.05) is 19.6 Å². The first-order chi connectivity index (χ1) is 10.1. The van der Waals surface area contributed by atoms with E-state index in [0.717, 1.165) is 0 Å². The Balaban J connectivity index is 2.66. The van der Waals surface area contributed by atoms with Gasteiger partial charge in [0.25, 0.3) is 0 Å². The number of amides is 1. The summed E-state index contributed by atoms with van der Waals surface area (Å²) in [4.78, 5) is 14.8. The smallest absolute Gasteiger partial charge is 0.423 e. The van der Waals surface area contributed by atoms with Crippen LogP contribution in [-0.4, -0.2) is 30.4 Å². The number of fused-ring (bicyclic) bond motifs is 1. The lowest BCUT2D eigenvalue weighted by atomic mass is 10.1. The maximum Gasteiger partial charge on any atom is 0.423 e. The van der Waals surface area contributed by atoms with Gasteiger partial charge in [0.1, 0.15) is 6.07 Å². The Morgan fingerprint density at radius 3 is 2.57 bits per heavy atom. The Morgan fingerprint density at radius 1 is 1.33 bits per heavy atom. The van der Waals surface area contributed by atoms with Gasteiger partial charge in [0.15, 0.2) is 11.5 Å². The molecule has 0 saturated carbocycles. The summed E-state index contributed by atoms with van der Waals surface area (Å²) in [6.07, 6.45) is 0.0736. The molecular weight excluding hydrogens is 276 g/mol. The minimum Gasteiger partial charge on any atom is -0.493 e. The fourth-order valence-electron chi connectivity index (χ4n) is 1.85. The van der Waals surface area contributed by atoms with Crippen molar-refractivity contribution in [1.29, 1.82) is 5.26 Å². The number of nitriles is 1. The molecular formula is C13H12N4O4.